The maximum atomic E-state index is 12.1. The summed E-state index contributed by atoms with van der Waals surface area (Å²) in [4.78, 5) is 25.7. The number of esters is 1. The average molecular weight is 293 g/mol. The Balaban J connectivity index is 2.16. The molecule has 0 aromatic heterocycles. The van der Waals surface area contributed by atoms with Crippen LogP contribution in [0.3, 0.4) is 0 Å². The number of carbonyl (C=O) groups is 2. The molecule has 0 radical (unpaired) electrons. The highest BCUT2D eigenvalue weighted by Gasteiger charge is 2.37. The molecule has 0 saturated carbocycles. The van der Waals surface area contributed by atoms with Gasteiger partial charge in [0.2, 0.25) is 5.91 Å². The van der Waals surface area contributed by atoms with Gasteiger partial charge in [0.25, 0.3) is 0 Å². The molecular formula is C15H19NO3S. The van der Waals surface area contributed by atoms with Gasteiger partial charge in [-0.05, 0) is 17.2 Å². The first kappa shape index (κ1) is 14.9. The topological polar surface area (TPSA) is 46.6 Å². The average Bonchev–Trinajstić information content (AvgIpc) is 2.86. The van der Waals surface area contributed by atoms with Crippen LogP contribution in [0, 0.1) is 5.92 Å². The van der Waals surface area contributed by atoms with Gasteiger partial charge in [-0.2, -0.15) is 12.6 Å². The SMILES string of the molecule is COC(=O)[C@@H](Cc1ccccc1)N1CC(CS)CC1=O. The molecule has 1 aromatic rings. The van der Waals surface area contributed by atoms with Crippen LogP contribution in [-0.4, -0.2) is 42.2 Å². The smallest absolute Gasteiger partial charge is 0.328 e. The Labute approximate surface area is 124 Å². The summed E-state index contributed by atoms with van der Waals surface area (Å²) in [6, 6.07) is 9.13. The number of hydrogen-bond acceptors (Lipinski definition) is 4. The Bertz CT molecular complexity index is 477. The van der Waals surface area contributed by atoms with E-state index in [-0.39, 0.29) is 17.8 Å². The van der Waals surface area contributed by atoms with Gasteiger partial charge in [-0.1, -0.05) is 30.3 Å². The van der Waals surface area contributed by atoms with E-state index in [1.807, 2.05) is 30.3 Å². The molecule has 1 amide bonds. The van der Waals surface area contributed by atoms with Crippen molar-refractivity contribution in [2.24, 2.45) is 5.92 Å². The monoisotopic (exact) mass is 293 g/mol. The number of nitrogens with zero attached hydrogens (tertiary/aromatic N) is 1. The van der Waals surface area contributed by atoms with Gasteiger partial charge in [-0.15, -0.1) is 0 Å². The zero-order valence-corrected chi connectivity index (χ0v) is 12.4. The molecule has 1 fully saturated rings. The summed E-state index contributed by atoms with van der Waals surface area (Å²) in [6.07, 6.45) is 0.949. The molecule has 0 N–H and O–H groups in total. The van der Waals surface area contributed by atoms with E-state index < -0.39 is 6.04 Å². The summed E-state index contributed by atoms with van der Waals surface area (Å²) in [5.74, 6) is 0.521. The Hall–Kier alpha value is -1.49. The lowest BCUT2D eigenvalue weighted by Gasteiger charge is -2.26. The van der Waals surface area contributed by atoms with E-state index in [0.29, 0.717) is 25.1 Å². The normalized spacial score (nSPS) is 20.0. The summed E-state index contributed by atoms with van der Waals surface area (Å²) in [6.45, 7) is 0.578. The summed E-state index contributed by atoms with van der Waals surface area (Å²) in [5, 5.41) is 0. The maximum absolute atomic E-state index is 12.1. The summed E-state index contributed by atoms with van der Waals surface area (Å²) >= 11 is 4.24. The van der Waals surface area contributed by atoms with Crippen LogP contribution in [0.2, 0.25) is 0 Å². The van der Waals surface area contributed by atoms with E-state index in [1.54, 1.807) is 4.90 Å². The molecule has 1 unspecified atom stereocenters. The minimum atomic E-state index is -0.542. The molecule has 0 spiro atoms. The highest BCUT2D eigenvalue weighted by molar-refractivity contribution is 7.80. The number of benzene rings is 1. The van der Waals surface area contributed by atoms with Gasteiger partial charge in [0.05, 0.1) is 7.11 Å². The van der Waals surface area contributed by atoms with Gasteiger partial charge in [-0.3, -0.25) is 4.79 Å². The first-order valence-corrected chi connectivity index (χ1v) is 7.31. The van der Waals surface area contributed by atoms with Gasteiger partial charge in [0.15, 0.2) is 0 Å². The number of thiol groups is 1. The number of amides is 1. The van der Waals surface area contributed by atoms with Crippen molar-refractivity contribution in [1.29, 1.82) is 0 Å². The van der Waals surface area contributed by atoms with Gasteiger partial charge >= 0.3 is 5.97 Å². The Morgan fingerprint density at radius 2 is 2.15 bits per heavy atom. The second-order valence-corrected chi connectivity index (χ2v) is 5.39. The summed E-state index contributed by atoms with van der Waals surface area (Å²) in [5.41, 5.74) is 1.02. The van der Waals surface area contributed by atoms with Crippen LogP contribution in [0.5, 0.6) is 0 Å². The first-order valence-electron chi connectivity index (χ1n) is 6.67. The number of rotatable bonds is 5. The second-order valence-electron chi connectivity index (χ2n) is 5.03. The molecule has 0 bridgehead atoms. The molecule has 2 rings (SSSR count). The molecule has 4 nitrogen and oxygen atoms in total. The van der Waals surface area contributed by atoms with Gasteiger partial charge < -0.3 is 9.64 Å². The fourth-order valence-corrected chi connectivity index (χ4v) is 2.77. The summed E-state index contributed by atoms with van der Waals surface area (Å²) in [7, 11) is 1.36. The highest BCUT2D eigenvalue weighted by Crippen LogP contribution is 2.23. The van der Waals surface area contributed by atoms with Crippen molar-refractivity contribution in [2.75, 3.05) is 19.4 Å². The van der Waals surface area contributed by atoms with Crippen LogP contribution in [-0.2, 0) is 20.7 Å². The highest BCUT2D eigenvalue weighted by atomic mass is 32.1. The molecule has 1 heterocycles. The Morgan fingerprint density at radius 3 is 2.70 bits per heavy atom. The van der Waals surface area contributed by atoms with Crippen molar-refractivity contribution < 1.29 is 14.3 Å². The fraction of sp³-hybridized carbons (Fsp3) is 0.467. The van der Waals surface area contributed by atoms with Crippen molar-refractivity contribution in [3.8, 4) is 0 Å². The van der Waals surface area contributed by atoms with Crippen molar-refractivity contribution in [3.05, 3.63) is 35.9 Å². The van der Waals surface area contributed by atoms with Crippen LogP contribution in [0.4, 0.5) is 0 Å². The predicted octanol–water partition coefficient (Wildman–Crippen LogP) is 1.55. The third-order valence-electron chi connectivity index (χ3n) is 3.62. The van der Waals surface area contributed by atoms with Crippen molar-refractivity contribution >= 4 is 24.5 Å². The Kier molecular flexibility index (Phi) is 5.06. The van der Waals surface area contributed by atoms with Gasteiger partial charge in [0, 0.05) is 19.4 Å². The number of likely N-dealkylation sites (tertiary alicyclic amines) is 1. The quantitative estimate of drug-likeness (QED) is 0.662. The van der Waals surface area contributed by atoms with Crippen molar-refractivity contribution in [2.45, 2.75) is 18.9 Å². The minimum Gasteiger partial charge on any atom is -0.467 e. The van der Waals surface area contributed by atoms with E-state index in [0.717, 1.165) is 5.56 Å². The molecule has 5 heteroatoms. The Morgan fingerprint density at radius 1 is 1.45 bits per heavy atom. The second kappa shape index (κ2) is 6.79. The molecule has 1 saturated heterocycles. The molecule has 1 aromatic carbocycles. The van der Waals surface area contributed by atoms with Crippen LogP contribution < -0.4 is 0 Å². The van der Waals surface area contributed by atoms with Crippen molar-refractivity contribution in [3.63, 3.8) is 0 Å². The molecule has 1 aliphatic rings. The van der Waals surface area contributed by atoms with Gasteiger partial charge in [0.1, 0.15) is 6.04 Å². The lowest BCUT2D eigenvalue weighted by molar-refractivity contribution is -0.151. The third-order valence-corrected chi connectivity index (χ3v) is 4.13. The van der Waals surface area contributed by atoms with E-state index in [9.17, 15) is 9.59 Å². The van der Waals surface area contributed by atoms with E-state index >= 15 is 0 Å². The zero-order chi connectivity index (χ0) is 14.5. The van der Waals surface area contributed by atoms with Crippen LogP contribution in [0.1, 0.15) is 12.0 Å². The molecule has 20 heavy (non-hydrogen) atoms. The minimum absolute atomic E-state index is 0.00961. The van der Waals surface area contributed by atoms with Gasteiger partial charge in [-0.25, -0.2) is 4.79 Å². The van der Waals surface area contributed by atoms with E-state index in [4.69, 9.17) is 4.74 Å². The van der Waals surface area contributed by atoms with Crippen LogP contribution in [0.15, 0.2) is 30.3 Å². The molecule has 0 aliphatic carbocycles. The largest absolute Gasteiger partial charge is 0.467 e. The van der Waals surface area contributed by atoms with Crippen LogP contribution >= 0.6 is 12.6 Å². The zero-order valence-electron chi connectivity index (χ0n) is 11.5. The van der Waals surface area contributed by atoms with E-state index in [1.165, 1.54) is 7.11 Å². The van der Waals surface area contributed by atoms with E-state index in [2.05, 4.69) is 12.6 Å². The standard InChI is InChI=1S/C15H19NO3S/c1-19-15(18)13(7-11-5-3-2-4-6-11)16-9-12(10-20)8-14(16)17/h2-6,12-13,20H,7-10H2,1H3/t12?,13-/m1/s1. The van der Waals surface area contributed by atoms with Crippen LogP contribution in [0.25, 0.3) is 0 Å². The molecule has 108 valence electrons. The molecule has 2 atom stereocenters. The lowest BCUT2D eigenvalue weighted by Crippen LogP contribution is -2.44. The first-order chi connectivity index (χ1) is 9.65. The number of hydrogen-bond donors (Lipinski definition) is 1. The predicted molar refractivity (Wildman–Crippen MR) is 79.6 cm³/mol. The fourth-order valence-electron chi connectivity index (χ4n) is 2.53. The molecular weight excluding hydrogens is 274 g/mol. The molecule has 1 aliphatic heterocycles. The number of carbonyl (C=O) groups excluding carboxylic acids is 2. The lowest BCUT2D eigenvalue weighted by atomic mass is 10.0. The number of ether oxygens (including phenoxy) is 1. The maximum Gasteiger partial charge on any atom is 0.328 e. The number of methoxy groups -OCH3 is 1. The third kappa shape index (κ3) is 3.33. The van der Waals surface area contributed by atoms with Crippen molar-refractivity contribution in [1.82, 2.24) is 4.90 Å². The summed E-state index contributed by atoms with van der Waals surface area (Å²) < 4.78 is 4.86.